The van der Waals surface area contributed by atoms with Crippen molar-refractivity contribution in [3.05, 3.63) is 59.7 Å². The Kier molecular flexibility index (Phi) is 7.35. The summed E-state index contributed by atoms with van der Waals surface area (Å²) in [6.45, 7) is 7.39. The van der Waals surface area contributed by atoms with Gasteiger partial charge in [-0.2, -0.15) is 4.31 Å². The molecule has 31 heavy (non-hydrogen) atoms. The second-order valence-corrected chi connectivity index (χ2v) is 9.06. The molecule has 2 aromatic carbocycles. The van der Waals surface area contributed by atoms with Crippen LogP contribution in [0.15, 0.2) is 53.4 Å². The molecule has 0 radical (unpaired) electrons. The molecule has 1 unspecified atom stereocenters. The first kappa shape index (κ1) is 22.8. The van der Waals surface area contributed by atoms with E-state index < -0.39 is 10.0 Å². The lowest BCUT2D eigenvalue weighted by Crippen LogP contribution is -2.30. The van der Waals surface area contributed by atoms with Crippen LogP contribution in [0.3, 0.4) is 0 Å². The number of sulfonamides is 1. The van der Waals surface area contributed by atoms with Crippen LogP contribution in [-0.4, -0.2) is 44.9 Å². The molecule has 0 spiro atoms. The van der Waals surface area contributed by atoms with Gasteiger partial charge in [-0.15, -0.1) is 0 Å². The number of rotatable bonds is 8. The minimum absolute atomic E-state index is 0.213. The molecule has 0 aliphatic carbocycles. The summed E-state index contributed by atoms with van der Waals surface area (Å²) >= 11 is 0. The molecule has 3 rings (SSSR count). The monoisotopic (exact) mass is 444 g/mol. The van der Waals surface area contributed by atoms with Crippen LogP contribution in [0.5, 0.6) is 11.5 Å². The average molecular weight is 445 g/mol. The normalized spacial score (nSPS) is 14.6. The Bertz CT molecular complexity index is 1040. The van der Waals surface area contributed by atoms with Crippen LogP contribution < -0.4 is 14.8 Å². The summed E-state index contributed by atoms with van der Waals surface area (Å²) in [5.41, 5.74) is 1.65. The number of nitrogens with one attached hydrogen (secondary N) is 1. The number of benzene rings is 2. The second-order valence-electron chi connectivity index (χ2n) is 7.13. The predicted molar refractivity (Wildman–Crippen MR) is 120 cm³/mol. The second kappa shape index (κ2) is 9.98. The lowest BCUT2D eigenvalue weighted by molar-refractivity contribution is -0.117. The van der Waals surface area contributed by atoms with Gasteiger partial charge < -0.3 is 14.8 Å². The molecular formula is C23H28N2O5S. The van der Waals surface area contributed by atoms with Crippen LogP contribution in [0.25, 0.3) is 6.08 Å². The van der Waals surface area contributed by atoms with E-state index in [1.54, 1.807) is 30.3 Å². The lowest BCUT2D eigenvalue weighted by atomic mass is 10.1. The van der Waals surface area contributed by atoms with Crippen LogP contribution in [-0.2, 0) is 14.8 Å². The van der Waals surface area contributed by atoms with E-state index in [-0.39, 0.29) is 16.8 Å². The first-order valence-corrected chi connectivity index (χ1v) is 11.8. The number of carbonyl (C=O) groups excluding carboxylic acids is 1. The van der Waals surface area contributed by atoms with E-state index in [1.807, 2.05) is 39.0 Å². The van der Waals surface area contributed by atoms with E-state index in [0.717, 1.165) is 11.1 Å². The third-order valence-corrected chi connectivity index (χ3v) is 7.14. The Balaban J connectivity index is 1.62. The highest BCUT2D eigenvalue weighted by Gasteiger charge is 2.21. The summed E-state index contributed by atoms with van der Waals surface area (Å²) in [7, 11) is -3.49. The summed E-state index contributed by atoms with van der Waals surface area (Å²) in [5, 5.41) is 2.91. The maximum Gasteiger partial charge on any atom is 0.244 e. The van der Waals surface area contributed by atoms with Gasteiger partial charge in [0.05, 0.1) is 10.9 Å². The van der Waals surface area contributed by atoms with Gasteiger partial charge in [0.2, 0.25) is 15.9 Å². The third-order valence-electron chi connectivity index (χ3n) is 5.08. The van der Waals surface area contributed by atoms with Crippen LogP contribution in [0, 0.1) is 0 Å². The Morgan fingerprint density at radius 2 is 1.71 bits per heavy atom. The third kappa shape index (κ3) is 5.45. The van der Waals surface area contributed by atoms with Crippen LogP contribution >= 0.6 is 0 Å². The molecule has 166 valence electrons. The Labute approximate surface area is 183 Å². The predicted octanol–water partition coefficient (Wildman–Crippen LogP) is 3.38. The van der Waals surface area contributed by atoms with E-state index in [1.165, 1.54) is 10.4 Å². The summed E-state index contributed by atoms with van der Waals surface area (Å²) in [4.78, 5) is 12.6. The molecule has 8 heteroatoms. The molecule has 0 aromatic heterocycles. The van der Waals surface area contributed by atoms with E-state index >= 15 is 0 Å². The standard InChI is InChI=1S/C23H28N2O5S/c1-4-25(5-2)31(27,28)20-10-6-18(7-11-20)8-13-23(26)24-17(3)19-9-12-21-22(16-19)30-15-14-29-21/h6-13,16-17H,4-5,14-15H2,1-3H3,(H,24,26)/b13-8+. The van der Waals surface area contributed by atoms with E-state index in [0.29, 0.717) is 37.8 Å². The van der Waals surface area contributed by atoms with Crippen molar-refractivity contribution in [2.75, 3.05) is 26.3 Å². The highest BCUT2D eigenvalue weighted by molar-refractivity contribution is 7.89. The SMILES string of the molecule is CCN(CC)S(=O)(=O)c1ccc(/C=C/C(=O)NC(C)c2ccc3c(c2)OCCO3)cc1. The fourth-order valence-electron chi connectivity index (χ4n) is 3.31. The van der Waals surface area contributed by atoms with Gasteiger partial charge >= 0.3 is 0 Å². The first-order valence-electron chi connectivity index (χ1n) is 10.3. The van der Waals surface area contributed by atoms with Crippen molar-refractivity contribution in [1.29, 1.82) is 0 Å². The topological polar surface area (TPSA) is 84.9 Å². The maximum atomic E-state index is 12.5. The maximum absolute atomic E-state index is 12.5. The smallest absolute Gasteiger partial charge is 0.244 e. The van der Waals surface area contributed by atoms with Gasteiger partial charge in [-0.05, 0) is 48.4 Å². The fraction of sp³-hybridized carbons (Fsp3) is 0.348. The molecule has 1 aliphatic heterocycles. The van der Waals surface area contributed by atoms with Gasteiger partial charge in [0.1, 0.15) is 13.2 Å². The number of hydrogen-bond donors (Lipinski definition) is 1. The molecular weight excluding hydrogens is 416 g/mol. The molecule has 2 aromatic rings. The highest BCUT2D eigenvalue weighted by Crippen LogP contribution is 2.32. The molecule has 1 atom stereocenters. The van der Waals surface area contributed by atoms with Gasteiger partial charge in [-0.3, -0.25) is 4.79 Å². The van der Waals surface area contributed by atoms with Crippen LogP contribution in [0.2, 0.25) is 0 Å². The number of ether oxygens (including phenoxy) is 2. The molecule has 1 amide bonds. The molecule has 1 heterocycles. The Hall–Kier alpha value is -2.84. The molecule has 0 bridgehead atoms. The summed E-state index contributed by atoms with van der Waals surface area (Å²) in [6.07, 6.45) is 3.09. The molecule has 0 saturated carbocycles. The molecule has 0 fully saturated rings. The zero-order chi connectivity index (χ0) is 22.4. The van der Waals surface area contributed by atoms with Gasteiger partial charge in [0, 0.05) is 19.2 Å². The largest absolute Gasteiger partial charge is 0.486 e. The molecule has 1 aliphatic rings. The van der Waals surface area contributed by atoms with Crippen molar-refractivity contribution in [1.82, 2.24) is 9.62 Å². The number of amides is 1. The lowest BCUT2D eigenvalue weighted by Gasteiger charge is -2.20. The first-order chi connectivity index (χ1) is 14.8. The zero-order valence-corrected chi connectivity index (χ0v) is 18.8. The van der Waals surface area contributed by atoms with Gasteiger partial charge in [-0.1, -0.05) is 32.0 Å². The van der Waals surface area contributed by atoms with Gasteiger partial charge in [0.25, 0.3) is 0 Å². The van der Waals surface area contributed by atoms with Crippen molar-refractivity contribution in [2.24, 2.45) is 0 Å². The van der Waals surface area contributed by atoms with Crippen LogP contribution in [0.1, 0.15) is 37.9 Å². The van der Waals surface area contributed by atoms with Crippen molar-refractivity contribution < 1.29 is 22.7 Å². The summed E-state index contributed by atoms with van der Waals surface area (Å²) in [6, 6.07) is 11.9. The highest BCUT2D eigenvalue weighted by atomic mass is 32.2. The number of fused-ring (bicyclic) bond motifs is 1. The summed E-state index contributed by atoms with van der Waals surface area (Å²) < 4.78 is 37.6. The Morgan fingerprint density at radius 1 is 1.06 bits per heavy atom. The fourth-order valence-corrected chi connectivity index (χ4v) is 4.77. The van der Waals surface area contributed by atoms with Crippen molar-refractivity contribution in [3.63, 3.8) is 0 Å². The molecule has 1 N–H and O–H groups in total. The quantitative estimate of drug-likeness (QED) is 0.631. The van der Waals surface area contributed by atoms with E-state index in [9.17, 15) is 13.2 Å². The van der Waals surface area contributed by atoms with Crippen molar-refractivity contribution in [3.8, 4) is 11.5 Å². The van der Waals surface area contributed by atoms with E-state index in [4.69, 9.17) is 9.47 Å². The van der Waals surface area contributed by atoms with Crippen molar-refractivity contribution >= 4 is 22.0 Å². The number of carbonyl (C=O) groups is 1. The Morgan fingerprint density at radius 3 is 2.35 bits per heavy atom. The number of nitrogens with zero attached hydrogens (tertiary/aromatic N) is 1. The van der Waals surface area contributed by atoms with Crippen molar-refractivity contribution in [2.45, 2.75) is 31.7 Å². The number of hydrogen-bond acceptors (Lipinski definition) is 5. The average Bonchev–Trinajstić information content (AvgIpc) is 2.78. The molecule has 7 nitrogen and oxygen atoms in total. The van der Waals surface area contributed by atoms with Gasteiger partial charge in [0.15, 0.2) is 11.5 Å². The molecule has 0 saturated heterocycles. The zero-order valence-electron chi connectivity index (χ0n) is 18.0. The summed E-state index contributed by atoms with van der Waals surface area (Å²) in [5.74, 6) is 1.14. The van der Waals surface area contributed by atoms with Crippen LogP contribution in [0.4, 0.5) is 0 Å². The minimum Gasteiger partial charge on any atom is -0.486 e. The van der Waals surface area contributed by atoms with E-state index in [2.05, 4.69) is 5.32 Å². The minimum atomic E-state index is -3.49. The van der Waals surface area contributed by atoms with Gasteiger partial charge in [-0.25, -0.2) is 8.42 Å².